The van der Waals surface area contributed by atoms with Crippen LogP contribution in [0.4, 0.5) is 5.69 Å². The smallest absolute Gasteiger partial charge is 0.335 e. The van der Waals surface area contributed by atoms with Crippen molar-refractivity contribution in [2.45, 2.75) is 20.3 Å². The second-order valence-electron chi connectivity index (χ2n) is 5.47. The predicted octanol–water partition coefficient (Wildman–Crippen LogP) is 1.50. The van der Waals surface area contributed by atoms with E-state index in [4.69, 9.17) is 10.8 Å². The minimum atomic E-state index is -0.945. The minimum Gasteiger partial charge on any atom is -0.478 e. The number of carboxylic acids is 1. The second kappa shape index (κ2) is 5.63. The molecule has 5 nitrogen and oxygen atoms in total. The zero-order valence-electron chi connectivity index (χ0n) is 11.8. The molecule has 0 saturated heterocycles. The first-order valence-corrected chi connectivity index (χ1v) is 6.83. The molecule has 108 valence electrons. The van der Waals surface area contributed by atoms with Gasteiger partial charge < -0.3 is 15.7 Å². The summed E-state index contributed by atoms with van der Waals surface area (Å²) >= 11 is 0. The second-order valence-corrected chi connectivity index (χ2v) is 5.47. The van der Waals surface area contributed by atoms with Gasteiger partial charge in [-0.3, -0.25) is 4.79 Å². The van der Waals surface area contributed by atoms with E-state index < -0.39 is 5.97 Å². The van der Waals surface area contributed by atoms with Crippen LogP contribution in [-0.4, -0.2) is 30.1 Å². The van der Waals surface area contributed by atoms with Crippen LogP contribution in [0.25, 0.3) is 0 Å². The van der Waals surface area contributed by atoms with Crippen molar-refractivity contribution in [3.63, 3.8) is 0 Å². The fraction of sp³-hybridized carbons (Fsp3) is 0.467. The third-order valence-electron chi connectivity index (χ3n) is 3.86. The Morgan fingerprint density at radius 1 is 1.40 bits per heavy atom. The molecule has 0 spiro atoms. The molecule has 0 fully saturated rings. The molecule has 2 rings (SSSR count). The number of fused-ring (bicyclic) bond motifs is 1. The molecule has 1 atom stereocenters. The van der Waals surface area contributed by atoms with Gasteiger partial charge in [0.2, 0.25) is 5.91 Å². The van der Waals surface area contributed by atoms with Crippen LogP contribution in [-0.2, 0) is 11.2 Å². The Morgan fingerprint density at radius 3 is 2.65 bits per heavy atom. The average molecular weight is 276 g/mol. The molecule has 0 bridgehead atoms. The van der Waals surface area contributed by atoms with Crippen molar-refractivity contribution in [3.8, 4) is 0 Å². The highest BCUT2D eigenvalue weighted by Gasteiger charge is 2.31. The Kier molecular flexibility index (Phi) is 4.09. The first-order valence-electron chi connectivity index (χ1n) is 6.83. The largest absolute Gasteiger partial charge is 0.478 e. The Balaban J connectivity index is 2.28. The predicted molar refractivity (Wildman–Crippen MR) is 76.8 cm³/mol. The van der Waals surface area contributed by atoms with Gasteiger partial charge in [-0.25, -0.2) is 4.79 Å². The van der Waals surface area contributed by atoms with Gasteiger partial charge in [-0.2, -0.15) is 0 Å². The SMILES string of the molecule is CC(C)C(CN)C(=O)N1CCc2cc(C(=O)O)ccc21. The number of carbonyl (C=O) groups excluding carboxylic acids is 1. The molecular formula is C15H20N2O3. The molecule has 0 radical (unpaired) electrons. The van der Waals surface area contributed by atoms with E-state index in [1.807, 2.05) is 13.8 Å². The first-order chi connectivity index (χ1) is 9.45. The Hall–Kier alpha value is -1.88. The Bertz CT molecular complexity index is 540. The standard InChI is InChI=1S/C15H20N2O3/c1-9(2)12(8-16)14(18)17-6-5-10-7-11(15(19)20)3-4-13(10)17/h3-4,7,9,12H,5-6,8,16H2,1-2H3,(H,19,20). The molecule has 1 unspecified atom stereocenters. The van der Waals surface area contributed by atoms with Crippen molar-refractivity contribution < 1.29 is 14.7 Å². The van der Waals surface area contributed by atoms with Gasteiger partial charge in [-0.05, 0) is 36.1 Å². The number of rotatable bonds is 4. The maximum Gasteiger partial charge on any atom is 0.335 e. The first kappa shape index (κ1) is 14.5. The number of anilines is 1. The van der Waals surface area contributed by atoms with Gasteiger partial charge in [0.05, 0.1) is 11.5 Å². The monoisotopic (exact) mass is 276 g/mol. The lowest BCUT2D eigenvalue weighted by molar-refractivity contribution is -0.123. The highest BCUT2D eigenvalue weighted by molar-refractivity contribution is 5.98. The van der Waals surface area contributed by atoms with E-state index in [1.54, 1.807) is 23.1 Å². The summed E-state index contributed by atoms with van der Waals surface area (Å²) in [5.74, 6) is -0.918. The number of hydrogen-bond donors (Lipinski definition) is 2. The molecule has 1 amide bonds. The fourth-order valence-electron chi connectivity index (χ4n) is 2.62. The number of nitrogens with zero attached hydrogens (tertiary/aromatic N) is 1. The van der Waals surface area contributed by atoms with Crippen molar-refractivity contribution in [1.82, 2.24) is 0 Å². The van der Waals surface area contributed by atoms with E-state index in [2.05, 4.69) is 0 Å². The number of carbonyl (C=O) groups is 2. The van der Waals surface area contributed by atoms with Crippen LogP contribution in [0.1, 0.15) is 29.8 Å². The van der Waals surface area contributed by atoms with Crippen LogP contribution < -0.4 is 10.6 Å². The molecular weight excluding hydrogens is 256 g/mol. The topological polar surface area (TPSA) is 83.6 Å². The number of aromatic carboxylic acids is 1. The molecule has 0 aliphatic carbocycles. The van der Waals surface area contributed by atoms with Crippen LogP contribution in [0.3, 0.4) is 0 Å². The quantitative estimate of drug-likeness (QED) is 0.873. The maximum atomic E-state index is 12.5. The van der Waals surface area contributed by atoms with Crippen LogP contribution >= 0.6 is 0 Å². The molecule has 1 heterocycles. The number of carboxylic acid groups (broad SMARTS) is 1. The lowest BCUT2D eigenvalue weighted by Gasteiger charge is -2.25. The number of benzene rings is 1. The summed E-state index contributed by atoms with van der Waals surface area (Å²) in [7, 11) is 0. The van der Waals surface area contributed by atoms with E-state index in [9.17, 15) is 9.59 Å². The molecule has 0 aromatic heterocycles. The molecule has 3 N–H and O–H groups in total. The summed E-state index contributed by atoms with van der Waals surface area (Å²) in [6.07, 6.45) is 0.692. The van der Waals surface area contributed by atoms with Crippen LogP contribution in [0.2, 0.25) is 0 Å². The van der Waals surface area contributed by atoms with Crippen LogP contribution in [0, 0.1) is 11.8 Å². The van der Waals surface area contributed by atoms with Crippen molar-refractivity contribution in [3.05, 3.63) is 29.3 Å². The van der Waals surface area contributed by atoms with E-state index in [-0.39, 0.29) is 23.3 Å². The summed E-state index contributed by atoms with van der Waals surface area (Å²) in [5.41, 5.74) is 7.70. The van der Waals surface area contributed by atoms with Crippen molar-refractivity contribution >= 4 is 17.6 Å². The van der Waals surface area contributed by atoms with Gasteiger partial charge in [-0.15, -0.1) is 0 Å². The van der Waals surface area contributed by atoms with E-state index >= 15 is 0 Å². The van der Waals surface area contributed by atoms with Crippen LogP contribution in [0.5, 0.6) is 0 Å². The average Bonchev–Trinajstić information content (AvgIpc) is 2.81. The van der Waals surface area contributed by atoms with Gasteiger partial charge in [0, 0.05) is 18.8 Å². The highest BCUT2D eigenvalue weighted by atomic mass is 16.4. The maximum absolute atomic E-state index is 12.5. The molecule has 5 heteroatoms. The van der Waals surface area contributed by atoms with Gasteiger partial charge in [0.15, 0.2) is 0 Å². The summed E-state index contributed by atoms with van der Waals surface area (Å²) in [5, 5.41) is 8.99. The summed E-state index contributed by atoms with van der Waals surface area (Å²) in [4.78, 5) is 25.2. The number of hydrogen-bond acceptors (Lipinski definition) is 3. The van der Waals surface area contributed by atoms with Gasteiger partial charge >= 0.3 is 5.97 Å². The third kappa shape index (κ3) is 2.54. The summed E-state index contributed by atoms with van der Waals surface area (Å²) < 4.78 is 0. The Labute approximate surface area is 118 Å². The van der Waals surface area contributed by atoms with E-state index in [0.29, 0.717) is 19.5 Å². The van der Waals surface area contributed by atoms with Crippen LogP contribution in [0.15, 0.2) is 18.2 Å². The summed E-state index contributed by atoms with van der Waals surface area (Å²) in [6.45, 7) is 4.90. The van der Waals surface area contributed by atoms with Gasteiger partial charge in [-0.1, -0.05) is 13.8 Å². The number of amides is 1. The lowest BCUT2D eigenvalue weighted by atomic mass is 9.94. The van der Waals surface area contributed by atoms with Crippen molar-refractivity contribution in [1.29, 1.82) is 0 Å². The van der Waals surface area contributed by atoms with Gasteiger partial charge in [0.25, 0.3) is 0 Å². The summed E-state index contributed by atoms with van der Waals surface area (Å²) in [6, 6.07) is 4.91. The third-order valence-corrected chi connectivity index (χ3v) is 3.86. The van der Waals surface area contributed by atoms with Gasteiger partial charge in [0.1, 0.15) is 0 Å². The zero-order valence-corrected chi connectivity index (χ0v) is 11.8. The molecule has 20 heavy (non-hydrogen) atoms. The normalized spacial score (nSPS) is 15.3. The minimum absolute atomic E-state index is 0.0318. The number of nitrogens with two attached hydrogens (primary N) is 1. The van der Waals surface area contributed by atoms with E-state index in [0.717, 1.165) is 11.3 Å². The highest BCUT2D eigenvalue weighted by Crippen LogP contribution is 2.31. The molecule has 1 aliphatic rings. The molecule has 1 aromatic rings. The lowest BCUT2D eigenvalue weighted by Crippen LogP contribution is -2.40. The molecule has 1 aliphatic heterocycles. The zero-order chi connectivity index (χ0) is 14.9. The fourth-order valence-corrected chi connectivity index (χ4v) is 2.62. The van der Waals surface area contributed by atoms with Crippen molar-refractivity contribution in [2.24, 2.45) is 17.6 Å². The Morgan fingerprint density at radius 2 is 2.10 bits per heavy atom. The molecule has 1 aromatic carbocycles. The van der Waals surface area contributed by atoms with Crippen molar-refractivity contribution in [2.75, 3.05) is 18.0 Å². The van der Waals surface area contributed by atoms with E-state index in [1.165, 1.54) is 0 Å². The molecule has 0 saturated carbocycles.